The standard InChI is InChI=1S/C12H11FINO2/c1-7-4-11(16)15(12(17)5-7)10-3-2-8(13)6-9(10)14/h2-3,6-7H,4-5H2,1H3. The van der Waals surface area contributed by atoms with Crippen LogP contribution in [0.25, 0.3) is 0 Å². The molecule has 0 bridgehead atoms. The second-order valence-electron chi connectivity index (χ2n) is 4.23. The van der Waals surface area contributed by atoms with Crippen LogP contribution in [0.4, 0.5) is 10.1 Å². The smallest absolute Gasteiger partial charge is 0.234 e. The molecular weight excluding hydrogens is 336 g/mol. The number of benzene rings is 1. The number of imide groups is 1. The van der Waals surface area contributed by atoms with Crippen LogP contribution in [0.5, 0.6) is 0 Å². The summed E-state index contributed by atoms with van der Waals surface area (Å²) >= 11 is 1.93. The third kappa shape index (κ3) is 2.48. The van der Waals surface area contributed by atoms with Crippen molar-refractivity contribution in [1.82, 2.24) is 0 Å². The van der Waals surface area contributed by atoms with Gasteiger partial charge in [-0.1, -0.05) is 6.92 Å². The number of anilines is 1. The summed E-state index contributed by atoms with van der Waals surface area (Å²) in [6.45, 7) is 1.88. The fraction of sp³-hybridized carbons (Fsp3) is 0.333. The van der Waals surface area contributed by atoms with Crippen molar-refractivity contribution in [2.45, 2.75) is 19.8 Å². The molecule has 5 heteroatoms. The van der Waals surface area contributed by atoms with E-state index in [9.17, 15) is 14.0 Å². The number of piperidine rings is 1. The number of carbonyl (C=O) groups excluding carboxylic acids is 2. The molecule has 1 heterocycles. The summed E-state index contributed by atoms with van der Waals surface area (Å²) in [7, 11) is 0. The first kappa shape index (κ1) is 12.5. The van der Waals surface area contributed by atoms with E-state index in [4.69, 9.17) is 0 Å². The summed E-state index contributed by atoms with van der Waals surface area (Å²) in [6, 6.07) is 4.05. The van der Waals surface area contributed by atoms with E-state index >= 15 is 0 Å². The zero-order chi connectivity index (χ0) is 12.6. The van der Waals surface area contributed by atoms with Crippen LogP contribution >= 0.6 is 22.6 Å². The predicted molar refractivity (Wildman–Crippen MR) is 70.0 cm³/mol. The topological polar surface area (TPSA) is 37.4 Å². The van der Waals surface area contributed by atoms with E-state index in [0.717, 1.165) is 0 Å². The van der Waals surface area contributed by atoms with E-state index in [0.29, 0.717) is 22.1 Å². The lowest BCUT2D eigenvalue weighted by Crippen LogP contribution is -2.43. The molecule has 1 aromatic carbocycles. The van der Waals surface area contributed by atoms with E-state index in [2.05, 4.69) is 0 Å². The normalized spacial score (nSPS) is 17.7. The number of nitrogens with zero attached hydrogens (tertiary/aromatic N) is 1. The summed E-state index contributed by atoms with van der Waals surface area (Å²) < 4.78 is 13.5. The summed E-state index contributed by atoms with van der Waals surface area (Å²) in [4.78, 5) is 24.9. The molecule has 0 aromatic heterocycles. The maximum atomic E-state index is 13.0. The van der Waals surface area contributed by atoms with Gasteiger partial charge >= 0.3 is 0 Å². The Morgan fingerprint density at radius 2 is 1.88 bits per heavy atom. The van der Waals surface area contributed by atoms with Crippen molar-refractivity contribution in [2.75, 3.05) is 4.90 Å². The molecule has 2 rings (SSSR count). The minimum Gasteiger partial charge on any atom is -0.274 e. The molecule has 0 N–H and O–H groups in total. The van der Waals surface area contributed by atoms with Gasteiger partial charge in [0.05, 0.1) is 5.69 Å². The lowest BCUT2D eigenvalue weighted by Gasteiger charge is -2.28. The minimum atomic E-state index is -0.372. The van der Waals surface area contributed by atoms with Gasteiger partial charge in [-0.25, -0.2) is 9.29 Å². The Morgan fingerprint density at radius 3 is 2.41 bits per heavy atom. The first-order valence-corrected chi connectivity index (χ1v) is 6.37. The van der Waals surface area contributed by atoms with Gasteiger partial charge in [0.1, 0.15) is 5.82 Å². The second-order valence-corrected chi connectivity index (χ2v) is 5.39. The van der Waals surface area contributed by atoms with E-state index in [1.54, 1.807) is 0 Å². The monoisotopic (exact) mass is 347 g/mol. The summed E-state index contributed by atoms with van der Waals surface area (Å²) in [5.74, 6) is -0.704. The van der Waals surface area contributed by atoms with Gasteiger partial charge < -0.3 is 0 Å². The molecule has 3 nitrogen and oxygen atoms in total. The average molecular weight is 347 g/mol. The molecule has 1 saturated heterocycles. The van der Waals surface area contributed by atoms with E-state index < -0.39 is 0 Å². The van der Waals surface area contributed by atoms with Crippen LogP contribution < -0.4 is 4.90 Å². The third-order valence-electron chi connectivity index (χ3n) is 2.70. The minimum absolute atomic E-state index is 0.0874. The van der Waals surface area contributed by atoms with E-state index in [-0.39, 0.29) is 23.5 Å². The van der Waals surface area contributed by atoms with Gasteiger partial charge in [-0.3, -0.25) is 9.59 Å². The molecule has 17 heavy (non-hydrogen) atoms. The SMILES string of the molecule is CC1CC(=O)N(c2ccc(F)cc2I)C(=O)C1. The van der Waals surface area contributed by atoms with E-state index in [1.165, 1.54) is 23.1 Å². The number of hydrogen-bond donors (Lipinski definition) is 0. The highest BCUT2D eigenvalue weighted by Gasteiger charge is 2.32. The van der Waals surface area contributed by atoms with Crippen LogP contribution in [0.1, 0.15) is 19.8 Å². The van der Waals surface area contributed by atoms with Crippen LogP contribution in [0.3, 0.4) is 0 Å². The fourth-order valence-corrected chi connectivity index (χ4v) is 2.64. The maximum Gasteiger partial charge on any atom is 0.234 e. The first-order valence-electron chi connectivity index (χ1n) is 5.30. The highest BCUT2D eigenvalue weighted by molar-refractivity contribution is 14.1. The van der Waals surface area contributed by atoms with Crippen molar-refractivity contribution >= 4 is 40.1 Å². The van der Waals surface area contributed by atoms with Crippen molar-refractivity contribution < 1.29 is 14.0 Å². The number of amides is 2. The first-order chi connectivity index (χ1) is 7.99. The Kier molecular flexibility index (Phi) is 3.46. The molecule has 0 atom stereocenters. The van der Waals surface area contributed by atoms with Crippen molar-refractivity contribution in [3.05, 3.63) is 27.6 Å². The number of hydrogen-bond acceptors (Lipinski definition) is 2. The fourth-order valence-electron chi connectivity index (χ4n) is 1.92. The van der Waals surface area contributed by atoms with Gasteiger partial charge in [0, 0.05) is 16.4 Å². The van der Waals surface area contributed by atoms with Gasteiger partial charge in [-0.05, 0) is 46.7 Å². The average Bonchev–Trinajstić information content (AvgIpc) is 2.19. The lowest BCUT2D eigenvalue weighted by molar-refractivity contribution is -0.130. The van der Waals surface area contributed by atoms with E-state index in [1.807, 2.05) is 29.5 Å². The maximum absolute atomic E-state index is 13.0. The van der Waals surface area contributed by atoms with Crippen molar-refractivity contribution in [3.63, 3.8) is 0 Å². The molecule has 90 valence electrons. The molecule has 0 unspecified atom stereocenters. The Bertz CT molecular complexity index is 471. The molecule has 0 spiro atoms. The van der Waals surface area contributed by atoms with Gasteiger partial charge in [-0.2, -0.15) is 0 Å². The summed E-state index contributed by atoms with van der Waals surface area (Å²) in [6.07, 6.45) is 0.721. The zero-order valence-electron chi connectivity index (χ0n) is 9.24. The summed E-state index contributed by atoms with van der Waals surface area (Å²) in [5, 5.41) is 0. The zero-order valence-corrected chi connectivity index (χ0v) is 11.4. The molecule has 0 aliphatic carbocycles. The second kappa shape index (κ2) is 4.72. The quantitative estimate of drug-likeness (QED) is 0.579. The Balaban J connectivity index is 2.38. The van der Waals surface area contributed by atoms with Crippen LogP contribution in [-0.4, -0.2) is 11.8 Å². The van der Waals surface area contributed by atoms with Crippen molar-refractivity contribution in [1.29, 1.82) is 0 Å². The van der Waals surface area contributed by atoms with Crippen molar-refractivity contribution in [3.8, 4) is 0 Å². The van der Waals surface area contributed by atoms with Crippen LogP contribution in [0.2, 0.25) is 0 Å². The molecule has 1 aliphatic heterocycles. The summed E-state index contributed by atoms with van der Waals surface area (Å²) in [5.41, 5.74) is 0.480. The third-order valence-corrected chi connectivity index (χ3v) is 3.56. The molecule has 1 fully saturated rings. The van der Waals surface area contributed by atoms with Crippen LogP contribution in [0.15, 0.2) is 18.2 Å². The molecule has 1 aliphatic rings. The van der Waals surface area contributed by atoms with Gasteiger partial charge in [0.25, 0.3) is 0 Å². The Labute approximate surface area is 112 Å². The van der Waals surface area contributed by atoms with Crippen LogP contribution in [0, 0.1) is 15.3 Å². The number of halogens is 2. The highest BCUT2D eigenvalue weighted by atomic mass is 127. The lowest BCUT2D eigenvalue weighted by atomic mass is 9.97. The molecular formula is C12H11FINO2. The predicted octanol–water partition coefficient (Wildman–Crippen LogP) is 2.72. The van der Waals surface area contributed by atoms with Crippen LogP contribution in [-0.2, 0) is 9.59 Å². The number of carbonyl (C=O) groups is 2. The highest BCUT2D eigenvalue weighted by Crippen LogP contribution is 2.29. The van der Waals surface area contributed by atoms with Gasteiger partial charge in [0.15, 0.2) is 0 Å². The molecule has 0 radical (unpaired) electrons. The largest absolute Gasteiger partial charge is 0.274 e. The molecule has 1 aromatic rings. The molecule has 2 amide bonds. The van der Waals surface area contributed by atoms with Crippen molar-refractivity contribution in [2.24, 2.45) is 5.92 Å². The van der Waals surface area contributed by atoms with Gasteiger partial charge in [0.2, 0.25) is 11.8 Å². The Hall–Kier alpha value is -0.980. The molecule has 0 saturated carbocycles. The number of rotatable bonds is 1. The Morgan fingerprint density at radius 1 is 1.29 bits per heavy atom. The van der Waals surface area contributed by atoms with Gasteiger partial charge in [-0.15, -0.1) is 0 Å².